The van der Waals surface area contributed by atoms with Crippen LogP contribution >= 0.6 is 0 Å². The predicted molar refractivity (Wildman–Crippen MR) is 100 cm³/mol. The minimum absolute atomic E-state index is 0.0202. The number of H-pyrrole nitrogens is 1. The minimum Gasteiger partial charge on any atom is -0.338 e. The highest BCUT2D eigenvalue weighted by atomic mass is 16.2. The van der Waals surface area contributed by atoms with Crippen molar-refractivity contribution >= 4 is 11.6 Å². The Balaban J connectivity index is 1.39. The summed E-state index contributed by atoms with van der Waals surface area (Å²) in [6.45, 7) is 1.33. The molecule has 1 N–H and O–H groups in total. The van der Waals surface area contributed by atoms with Crippen molar-refractivity contribution in [2.45, 2.75) is 12.8 Å². The van der Waals surface area contributed by atoms with E-state index in [0.717, 1.165) is 35.4 Å². The number of aromatic amines is 1. The fraction of sp³-hybridized carbons (Fsp3) is 0.200. The second kappa shape index (κ2) is 6.35. The largest absolute Gasteiger partial charge is 0.338 e. The second-order valence-electron chi connectivity index (χ2n) is 6.67. The smallest absolute Gasteiger partial charge is 0.255 e. The van der Waals surface area contributed by atoms with E-state index in [-0.39, 0.29) is 5.91 Å². The van der Waals surface area contributed by atoms with E-state index in [1.807, 2.05) is 35.2 Å². The van der Waals surface area contributed by atoms with Crippen molar-refractivity contribution in [1.29, 1.82) is 0 Å². The molecule has 0 saturated heterocycles. The quantitative estimate of drug-likeness (QED) is 0.597. The van der Waals surface area contributed by atoms with Crippen LogP contribution in [0.2, 0.25) is 0 Å². The molecule has 0 saturated carbocycles. The average Bonchev–Trinajstić information content (AvgIpc) is 3.29. The summed E-state index contributed by atoms with van der Waals surface area (Å²) in [6, 6.07) is 13.8. The number of carbonyl (C=O) groups is 1. The fourth-order valence-corrected chi connectivity index (χ4v) is 3.65. The zero-order chi connectivity index (χ0) is 18.2. The number of nitrogens with one attached hydrogen (secondary N) is 1. The molecular formula is C20H18N6O. The van der Waals surface area contributed by atoms with Gasteiger partial charge in [-0.3, -0.25) is 9.89 Å². The fourth-order valence-electron chi connectivity index (χ4n) is 3.65. The van der Waals surface area contributed by atoms with Crippen LogP contribution in [-0.4, -0.2) is 48.7 Å². The summed E-state index contributed by atoms with van der Waals surface area (Å²) in [6.07, 6.45) is 4.78. The summed E-state index contributed by atoms with van der Waals surface area (Å²) in [5.74, 6) is 0.0202. The molecule has 5 rings (SSSR count). The van der Waals surface area contributed by atoms with Gasteiger partial charge in [0.05, 0.1) is 11.3 Å². The average molecular weight is 358 g/mol. The van der Waals surface area contributed by atoms with Gasteiger partial charge in [0.25, 0.3) is 5.91 Å². The number of aromatic nitrogens is 5. The molecule has 0 spiro atoms. The van der Waals surface area contributed by atoms with Gasteiger partial charge in [-0.05, 0) is 18.6 Å². The number of amides is 1. The van der Waals surface area contributed by atoms with E-state index < -0.39 is 0 Å². The Kier molecular flexibility index (Phi) is 3.71. The van der Waals surface area contributed by atoms with Gasteiger partial charge < -0.3 is 4.90 Å². The molecule has 1 aliphatic rings. The maximum absolute atomic E-state index is 13.0. The first-order chi connectivity index (χ1) is 13.3. The molecule has 3 aromatic heterocycles. The van der Waals surface area contributed by atoms with Crippen molar-refractivity contribution in [2.75, 3.05) is 13.1 Å². The number of carbonyl (C=O) groups excluding carboxylic acids is 1. The number of nitrogens with zero attached hydrogens (tertiary/aromatic N) is 5. The number of pyridine rings is 1. The molecule has 134 valence electrons. The Morgan fingerprint density at radius 2 is 1.89 bits per heavy atom. The SMILES string of the molecule is O=C(c1ccc2ncnn2c1)N1CCc2[nH]nc(-c3ccccc3)c2CC1. The lowest BCUT2D eigenvalue weighted by Crippen LogP contribution is -2.33. The molecule has 7 nitrogen and oxygen atoms in total. The van der Waals surface area contributed by atoms with Gasteiger partial charge in [0.2, 0.25) is 0 Å². The van der Waals surface area contributed by atoms with Crippen LogP contribution in [-0.2, 0) is 12.8 Å². The van der Waals surface area contributed by atoms with Crippen LogP contribution < -0.4 is 0 Å². The van der Waals surface area contributed by atoms with E-state index in [1.54, 1.807) is 10.7 Å². The maximum Gasteiger partial charge on any atom is 0.255 e. The summed E-state index contributed by atoms with van der Waals surface area (Å²) in [5.41, 5.74) is 5.78. The van der Waals surface area contributed by atoms with Crippen molar-refractivity contribution in [3.8, 4) is 11.3 Å². The van der Waals surface area contributed by atoms with Gasteiger partial charge >= 0.3 is 0 Å². The predicted octanol–water partition coefficient (Wildman–Crippen LogP) is 2.36. The van der Waals surface area contributed by atoms with Gasteiger partial charge in [0.15, 0.2) is 5.65 Å². The Hall–Kier alpha value is -3.48. The lowest BCUT2D eigenvalue weighted by Gasteiger charge is -2.20. The molecule has 4 heterocycles. The van der Waals surface area contributed by atoms with Crippen LogP contribution in [0.5, 0.6) is 0 Å². The molecule has 0 unspecified atom stereocenters. The molecule has 0 aliphatic carbocycles. The number of benzene rings is 1. The number of fused-ring (bicyclic) bond motifs is 2. The van der Waals surface area contributed by atoms with Crippen LogP contribution in [0.15, 0.2) is 55.0 Å². The third-order valence-corrected chi connectivity index (χ3v) is 5.07. The zero-order valence-electron chi connectivity index (χ0n) is 14.7. The van der Waals surface area contributed by atoms with Gasteiger partial charge in [-0.25, -0.2) is 9.50 Å². The Morgan fingerprint density at radius 3 is 2.78 bits per heavy atom. The van der Waals surface area contributed by atoms with Crippen molar-refractivity contribution in [3.63, 3.8) is 0 Å². The second-order valence-corrected chi connectivity index (χ2v) is 6.67. The molecule has 0 fully saturated rings. The van der Waals surface area contributed by atoms with Gasteiger partial charge in [-0.1, -0.05) is 30.3 Å². The normalized spacial score (nSPS) is 14.1. The van der Waals surface area contributed by atoms with Crippen molar-refractivity contribution in [2.24, 2.45) is 0 Å². The first-order valence-corrected chi connectivity index (χ1v) is 9.00. The lowest BCUT2D eigenvalue weighted by atomic mass is 10.0. The molecular weight excluding hydrogens is 340 g/mol. The Labute approximate surface area is 155 Å². The zero-order valence-corrected chi connectivity index (χ0v) is 14.7. The highest BCUT2D eigenvalue weighted by Gasteiger charge is 2.24. The molecule has 0 bridgehead atoms. The number of hydrogen-bond donors (Lipinski definition) is 1. The molecule has 27 heavy (non-hydrogen) atoms. The van der Waals surface area contributed by atoms with E-state index in [1.165, 1.54) is 11.9 Å². The molecule has 0 radical (unpaired) electrons. The third kappa shape index (κ3) is 2.77. The summed E-state index contributed by atoms with van der Waals surface area (Å²) in [5, 5.41) is 11.8. The van der Waals surface area contributed by atoms with E-state index in [9.17, 15) is 4.79 Å². The molecule has 1 amide bonds. The summed E-state index contributed by atoms with van der Waals surface area (Å²) < 4.78 is 1.63. The van der Waals surface area contributed by atoms with E-state index in [0.29, 0.717) is 18.7 Å². The minimum atomic E-state index is 0.0202. The van der Waals surface area contributed by atoms with Crippen LogP contribution in [0.1, 0.15) is 21.6 Å². The maximum atomic E-state index is 13.0. The summed E-state index contributed by atoms with van der Waals surface area (Å²) in [7, 11) is 0. The standard InChI is InChI=1S/C20H18N6O/c27-20(15-6-7-18-21-13-22-26(18)12-15)25-10-8-16-17(9-11-25)23-24-19(16)14-4-2-1-3-5-14/h1-7,12-13H,8-11H2,(H,23,24). The summed E-state index contributed by atoms with van der Waals surface area (Å²) >= 11 is 0. The van der Waals surface area contributed by atoms with Gasteiger partial charge in [-0.2, -0.15) is 10.2 Å². The van der Waals surface area contributed by atoms with Gasteiger partial charge in [0.1, 0.15) is 6.33 Å². The summed E-state index contributed by atoms with van der Waals surface area (Å²) in [4.78, 5) is 19.0. The molecule has 1 aliphatic heterocycles. The highest BCUT2D eigenvalue weighted by Crippen LogP contribution is 2.26. The van der Waals surface area contributed by atoms with Crippen LogP contribution in [0.3, 0.4) is 0 Å². The van der Waals surface area contributed by atoms with Gasteiger partial charge in [-0.15, -0.1) is 0 Å². The monoisotopic (exact) mass is 358 g/mol. The molecule has 1 aromatic carbocycles. The first-order valence-electron chi connectivity index (χ1n) is 9.00. The highest BCUT2D eigenvalue weighted by molar-refractivity contribution is 5.94. The Bertz CT molecular complexity index is 1110. The topological polar surface area (TPSA) is 79.2 Å². The van der Waals surface area contributed by atoms with Crippen molar-refractivity contribution in [1.82, 2.24) is 29.7 Å². The van der Waals surface area contributed by atoms with E-state index in [2.05, 4.69) is 32.4 Å². The van der Waals surface area contributed by atoms with Crippen LogP contribution in [0.4, 0.5) is 0 Å². The number of rotatable bonds is 2. The molecule has 0 atom stereocenters. The third-order valence-electron chi connectivity index (χ3n) is 5.07. The first kappa shape index (κ1) is 15.7. The molecule has 7 heteroatoms. The van der Waals surface area contributed by atoms with Crippen molar-refractivity contribution in [3.05, 3.63) is 71.8 Å². The van der Waals surface area contributed by atoms with E-state index >= 15 is 0 Å². The molecule has 4 aromatic rings. The van der Waals surface area contributed by atoms with Crippen LogP contribution in [0.25, 0.3) is 16.9 Å². The Morgan fingerprint density at radius 1 is 1.04 bits per heavy atom. The van der Waals surface area contributed by atoms with E-state index in [4.69, 9.17) is 0 Å². The lowest BCUT2D eigenvalue weighted by molar-refractivity contribution is 0.0762. The van der Waals surface area contributed by atoms with Crippen LogP contribution in [0, 0.1) is 0 Å². The number of hydrogen-bond acceptors (Lipinski definition) is 4. The van der Waals surface area contributed by atoms with Gasteiger partial charge in [0, 0.05) is 42.5 Å². The van der Waals surface area contributed by atoms with Crippen molar-refractivity contribution < 1.29 is 4.79 Å².